The zero-order valence-electron chi connectivity index (χ0n) is 11.0. The first-order chi connectivity index (χ1) is 7.66. The zero-order chi connectivity index (χ0) is 11.6. The minimum Gasteiger partial charge on any atom is -0.0654 e. The molecule has 0 aromatic heterocycles. The molecule has 0 N–H and O–H groups in total. The zero-order valence-corrected chi connectivity index (χ0v) is 11.0. The van der Waals surface area contributed by atoms with Gasteiger partial charge in [0.2, 0.25) is 0 Å². The second kappa shape index (κ2) is 4.61. The smallest absolute Gasteiger partial charge is 0.00469 e. The summed E-state index contributed by atoms with van der Waals surface area (Å²) < 4.78 is 0. The quantitative estimate of drug-likeness (QED) is 0.673. The van der Waals surface area contributed by atoms with Crippen molar-refractivity contribution in [1.82, 2.24) is 0 Å². The summed E-state index contributed by atoms with van der Waals surface area (Å²) in [5, 5.41) is 0. The highest BCUT2D eigenvalue weighted by atomic mass is 14.4. The van der Waals surface area contributed by atoms with Gasteiger partial charge in [-0.3, -0.25) is 0 Å². The van der Waals surface area contributed by atoms with Crippen LogP contribution in [0.25, 0.3) is 0 Å². The molecule has 0 amide bonds. The average molecular weight is 216 g/mol. The van der Waals surface area contributed by atoms with E-state index in [1.807, 2.05) is 0 Å². The molecular formula is C16H24. The molecule has 0 spiro atoms. The summed E-state index contributed by atoms with van der Waals surface area (Å²) in [5.41, 5.74) is 4.99. The minimum atomic E-state index is 0.519. The van der Waals surface area contributed by atoms with Crippen LogP contribution in [0.5, 0.6) is 0 Å². The van der Waals surface area contributed by atoms with E-state index in [-0.39, 0.29) is 0 Å². The predicted octanol–water partition coefficient (Wildman–Crippen LogP) is 4.92. The van der Waals surface area contributed by atoms with Crippen molar-refractivity contribution in [2.24, 2.45) is 0 Å². The van der Waals surface area contributed by atoms with Crippen molar-refractivity contribution in [2.45, 2.75) is 64.7 Å². The molecule has 0 radical (unpaired) electrons. The molecule has 1 aliphatic rings. The first-order valence-electron chi connectivity index (χ1n) is 6.75. The molecule has 16 heavy (non-hydrogen) atoms. The van der Waals surface area contributed by atoms with Crippen LogP contribution in [0, 0.1) is 13.8 Å². The van der Waals surface area contributed by atoms with E-state index in [2.05, 4.69) is 39.0 Å². The topological polar surface area (TPSA) is 0 Å². The fraction of sp³-hybridized carbons (Fsp3) is 0.625. The Morgan fingerprint density at radius 2 is 1.56 bits per heavy atom. The third kappa shape index (κ3) is 2.16. The van der Waals surface area contributed by atoms with Crippen LogP contribution in [0.2, 0.25) is 0 Å². The summed E-state index contributed by atoms with van der Waals surface area (Å²) in [5.74, 6) is 0. The first kappa shape index (κ1) is 11.7. The fourth-order valence-electron chi connectivity index (χ4n) is 3.49. The monoisotopic (exact) mass is 216 g/mol. The molecule has 0 bridgehead atoms. The number of hydrogen-bond acceptors (Lipinski definition) is 0. The molecule has 0 saturated heterocycles. The van der Waals surface area contributed by atoms with Crippen molar-refractivity contribution in [3.05, 3.63) is 34.9 Å². The van der Waals surface area contributed by atoms with Crippen LogP contribution in [0.3, 0.4) is 0 Å². The Bertz CT molecular complexity index is 336. The number of benzene rings is 1. The van der Waals surface area contributed by atoms with Crippen molar-refractivity contribution < 1.29 is 0 Å². The van der Waals surface area contributed by atoms with Crippen molar-refractivity contribution in [3.8, 4) is 0 Å². The van der Waals surface area contributed by atoms with Gasteiger partial charge in [-0.1, -0.05) is 55.5 Å². The maximum atomic E-state index is 2.42. The Hall–Kier alpha value is -0.780. The van der Waals surface area contributed by atoms with Gasteiger partial charge in [0.1, 0.15) is 0 Å². The van der Waals surface area contributed by atoms with E-state index in [0.29, 0.717) is 5.41 Å². The van der Waals surface area contributed by atoms with Gasteiger partial charge in [0.25, 0.3) is 0 Å². The molecule has 1 aliphatic carbocycles. The van der Waals surface area contributed by atoms with Gasteiger partial charge in [0.15, 0.2) is 0 Å². The van der Waals surface area contributed by atoms with Crippen LogP contribution in [0.1, 0.15) is 62.1 Å². The molecule has 1 aromatic rings. The molecule has 0 aliphatic heterocycles. The Kier molecular flexibility index (Phi) is 3.37. The third-order valence-corrected chi connectivity index (χ3v) is 4.12. The van der Waals surface area contributed by atoms with Crippen LogP contribution in [0.15, 0.2) is 18.2 Å². The molecule has 0 nitrogen and oxygen atoms in total. The molecule has 2 rings (SSSR count). The molecular weight excluding hydrogens is 192 g/mol. The molecule has 88 valence electrons. The molecule has 0 unspecified atom stereocenters. The molecule has 1 aromatic carbocycles. The van der Waals surface area contributed by atoms with Gasteiger partial charge in [0.05, 0.1) is 0 Å². The Balaban J connectivity index is 2.38. The van der Waals surface area contributed by atoms with Gasteiger partial charge in [-0.25, -0.2) is 0 Å². The number of aryl methyl sites for hydroxylation is 2. The molecule has 0 heterocycles. The van der Waals surface area contributed by atoms with Crippen LogP contribution >= 0.6 is 0 Å². The Morgan fingerprint density at radius 1 is 1.00 bits per heavy atom. The second-order valence-corrected chi connectivity index (χ2v) is 5.61. The Labute approximate surface area is 100 Å². The standard InChI is InChI=1S/C16H24/c1-4-7-16(8-5-6-9-16)15-11-13(2)10-14(3)12-15/h10-12H,4-9H2,1-3H3. The SMILES string of the molecule is CCCC1(c2cc(C)cc(C)c2)CCCC1. The van der Waals surface area contributed by atoms with Gasteiger partial charge in [-0.15, -0.1) is 0 Å². The highest BCUT2D eigenvalue weighted by Crippen LogP contribution is 2.44. The summed E-state index contributed by atoms with van der Waals surface area (Å²) in [4.78, 5) is 0. The van der Waals surface area contributed by atoms with E-state index in [1.54, 1.807) is 5.56 Å². The summed E-state index contributed by atoms with van der Waals surface area (Å²) in [6.07, 6.45) is 8.34. The lowest BCUT2D eigenvalue weighted by molar-refractivity contribution is 0.400. The molecule has 0 heteroatoms. The van der Waals surface area contributed by atoms with E-state index in [4.69, 9.17) is 0 Å². The van der Waals surface area contributed by atoms with E-state index in [0.717, 1.165) is 0 Å². The summed E-state index contributed by atoms with van der Waals surface area (Å²) >= 11 is 0. The van der Waals surface area contributed by atoms with Crippen molar-refractivity contribution in [3.63, 3.8) is 0 Å². The van der Waals surface area contributed by atoms with Crippen LogP contribution in [0.4, 0.5) is 0 Å². The first-order valence-corrected chi connectivity index (χ1v) is 6.75. The van der Waals surface area contributed by atoms with E-state index < -0.39 is 0 Å². The van der Waals surface area contributed by atoms with Gasteiger partial charge in [-0.05, 0) is 44.1 Å². The van der Waals surface area contributed by atoms with E-state index >= 15 is 0 Å². The molecule has 1 fully saturated rings. The maximum absolute atomic E-state index is 2.42. The summed E-state index contributed by atoms with van der Waals surface area (Å²) in [6.45, 7) is 6.78. The van der Waals surface area contributed by atoms with E-state index in [9.17, 15) is 0 Å². The number of rotatable bonds is 3. The summed E-state index contributed by atoms with van der Waals surface area (Å²) in [7, 11) is 0. The predicted molar refractivity (Wildman–Crippen MR) is 71.0 cm³/mol. The normalized spacial score (nSPS) is 18.9. The highest BCUT2D eigenvalue weighted by Gasteiger charge is 2.34. The van der Waals surface area contributed by atoms with Crippen LogP contribution in [-0.2, 0) is 5.41 Å². The van der Waals surface area contributed by atoms with Crippen LogP contribution in [-0.4, -0.2) is 0 Å². The van der Waals surface area contributed by atoms with Crippen molar-refractivity contribution in [2.75, 3.05) is 0 Å². The fourth-order valence-corrected chi connectivity index (χ4v) is 3.49. The third-order valence-electron chi connectivity index (χ3n) is 4.12. The van der Waals surface area contributed by atoms with Gasteiger partial charge in [0, 0.05) is 0 Å². The Morgan fingerprint density at radius 3 is 2.06 bits per heavy atom. The number of hydrogen-bond donors (Lipinski definition) is 0. The maximum Gasteiger partial charge on any atom is -0.00469 e. The lowest BCUT2D eigenvalue weighted by Crippen LogP contribution is -2.22. The van der Waals surface area contributed by atoms with Gasteiger partial charge in [-0.2, -0.15) is 0 Å². The van der Waals surface area contributed by atoms with Crippen molar-refractivity contribution in [1.29, 1.82) is 0 Å². The summed E-state index contributed by atoms with van der Waals surface area (Å²) in [6, 6.07) is 7.14. The van der Waals surface area contributed by atoms with Gasteiger partial charge >= 0.3 is 0 Å². The second-order valence-electron chi connectivity index (χ2n) is 5.61. The van der Waals surface area contributed by atoms with Crippen LogP contribution < -0.4 is 0 Å². The largest absolute Gasteiger partial charge is 0.0654 e. The average Bonchev–Trinajstić information content (AvgIpc) is 2.66. The van der Waals surface area contributed by atoms with E-state index in [1.165, 1.54) is 49.7 Å². The lowest BCUT2D eigenvalue weighted by atomic mass is 9.74. The van der Waals surface area contributed by atoms with Gasteiger partial charge < -0.3 is 0 Å². The molecule has 0 atom stereocenters. The van der Waals surface area contributed by atoms with Crippen molar-refractivity contribution >= 4 is 0 Å². The minimum absolute atomic E-state index is 0.519. The molecule has 1 saturated carbocycles. The highest BCUT2D eigenvalue weighted by molar-refractivity contribution is 5.34. The lowest BCUT2D eigenvalue weighted by Gasteiger charge is -2.30.